The fourth-order valence-corrected chi connectivity index (χ4v) is 1.28. The second kappa shape index (κ2) is 6.82. The van der Waals surface area contributed by atoms with Crippen LogP contribution in [0.3, 0.4) is 0 Å². The molecular formula is C11H20O3. The molecule has 0 spiro atoms. The summed E-state index contributed by atoms with van der Waals surface area (Å²) in [7, 11) is 0. The highest BCUT2D eigenvalue weighted by Gasteiger charge is 2.21. The second-order valence-corrected chi connectivity index (χ2v) is 3.78. The van der Waals surface area contributed by atoms with E-state index < -0.39 is 0 Å². The van der Waals surface area contributed by atoms with Crippen molar-refractivity contribution in [2.24, 2.45) is 0 Å². The molecule has 0 aromatic carbocycles. The van der Waals surface area contributed by atoms with Crippen LogP contribution in [0.1, 0.15) is 45.4 Å². The molecule has 3 heteroatoms. The minimum Gasteiger partial charge on any atom is -0.466 e. The van der Waals surface area contributed by atoms with Gasteiger partial charge in [-0.1, -0.05) is 19.8 Å². The second-order valence-electron chi connectivity index (χ2n) is 3.78. The number of carbonyl (C=O) groups is 1. The summed E-state index contributed by atoms with van der Waals surface area (Å²) in [6.45, 7) is 3.59. The lowest BCUT2D eigenvalue weighted by atomic mass is 10.1. The van der Waals surface area contributed by atoms with Crippen molar-refractivity contribution >= 4 is 5.97 Å². The third kappa shape index (κ3) is 5.97. The molecule has 0 N–H and O–H groups in total. The van der Waals surface area contributed by atoms with Gasteiger partial charge in [-0.05, 0) is 19.3 Å². The van der Waals surface area contributed by atoms with Crippen molar-refractivity contribution < 1.29 is 14.3 Å². The zero-order valence-electron chi connectivity index (χ0n) is 8.96. The summed E-state index contributed by atoms with van der Waals surface area (Å²) < 4.78 is 10.1. The Bertz CT molecular complexity index is 164. The van der Waals surface area contributed by atoms with Gasteiger partial charge in [0.25, 0.3) is 0 Å². The van der Waals surface area contributed by atoms with Crippen LogP contribution < -0.4 is 0 Å². The molecular weight excluding hydrogens is 180 g/mol. The molecule has 1 aliphatic rings. The SMILES string of the molecule is CCCCOC(=O)CCCCC1CO1. The van der Waals surface area contributed by atoms with Crippen molar-refractivity contribution in [3.8, 4) is 0 Å². The van der Waals surface area contributed by atoms with Crippen LogP contribution in [0.15, 0.2) is 0 Å². The third-order valence-electron chi connectivity index (χ3n) is 2.32. The average molecular weight is 200 g/mol. The molecule has 0 saturated carbocycles. The Morgan fingerprint density at radius 1 is 1.43 bits per heavy atom. The van der Waals surface area contributed by atoms with E-state index in [1.54, 1.807) is 0 Å². The van der Waals surface area contributed by atoms with Crippen LogP contribution in [0, 0.1) is 0 Å². The van der Waals surface area contributed by atoms with Crippen LogP contribution in [-0.2, 0) is 14.3 Å². The first kappa shape index (κ1) is 11.5. The maximum Gasteiger partial charge on any atom is 0.305 e. The van der Waals surface area contributed by atoms with Gasteiger partial charge in [0.15, 0.2) is 0 Å². The molecule has 0 aliphatic carbocycles. The molecule has 1 aliphatic heterocycles. The van der Waals surface area contributed by atoms with Crippen LogP contribution in [-0.4, -0.2) is 25.3 Å². The zero-order chi connectivity index (χ0) is 10.2. The van der Waals surface area contributed by atoms with Crippen LogP contribution in [0.4, 0.5) is 0 Å². The van der Waals surface area contributed by atoms with Crippen LogP contribution in [0.2, 0.25) is 0 Å². The third-order valence-corrected chi connectivity index (χ3v) is 2.32. The number of esters is 1. The fraction of sp³-hybridized carbons (Fsp3) is 0.909. The summed E-state index contributed by atoms with van der Waals surface area (Å²) in [5.41, 5.74) is 0. The Labute approximate surface area is 85.8 Å². The molecule has 1 fully saturated rings. The first-order valence-electron chi connectivity index (χ1n) is 5.60. The van der Waals surface area contributed by atoms with Crippen molar-refractivity contribution in [1.29, 1.82) is 0 Å². The predicted octanol–water partition coefficient (Wildman–Crippen LogP) is 2.29. The van der Waals surface area contributed by atoms with E-state index in [1.165, 1.54) is 0 Å². The summed E-state index contributed by atoms with van der Waals surface area (Å²) in [5, 5.41) is 0. The standard InChI is InChI=1S/C11H20O3/c1-2-3-8-13-11(12)7-5-4-6-10-9-14-10/h10H,2-9H2,1H3. The van der Waals surface area contributed by atoms with Gasteiger partial charge in [-0.25, -0.2) is 0 Å². The number of hydrogen-bond acceptors (Lipinski definition) is 3. The molecule has 1 saturated heterocycles. The van der Waals surface area contributed by atoms with E-state index in [-0.39, 0.29) is 5.97 Å². The molecule has 0 bridgehead atoms. The highest BCUT2D eigenvalue weighted by molar-refractivity contribution is 5.69. The summed E-state index contributed by atoms with van der Waals surface area (Å²) >= 11 is 0. The van der Waals surface area contributed by atoms with E-state index >= 15 is 0 Å². The fourth-order valence-electron chi connectivity index (χ4n) is 1.28. The van der Waals surface area contributed by atoms with Gasteiger partial charge in [0.2, 0.25) is 0 Å². The summed E-state index contributed by atoms with van der Waals surface area (Å²) in [5.74, 6) is -0.0461. The van der Waals surface area contributed by atoms with Gasteiger partial charge in [-0.3, -0.25) is 4.79 Å². The lowest BCUT2D eigenvalue weighted by molar-refractivity contribution is -0.143. The summed E-state index contributed by atoms with van der Waals surface area (Å²) in [6.07, 6.45) is 6.22. The topological polar surface area (TPSA) is 38.8 Å². The highest BCUT2D eigenvalue weighted by atomic mass is 16.6. The average Bonchev–Trinajstić information content (AvgIpc) is 2.97. The molecule has 0 aromatic rings. The van der Waals surface area contributed by atoms with Crippen molar-refractivity contribution in [3.05, 3.63) is 0 Å². The lowest BCUT2D eigenvalue weighted by Gasteiger charge is -2.02. The van der Waals surface area contributed by atoms with Crippen LogP contribution in [0.25, 0.3) is 0 Å². The monoisotopic (exact) mass is 200 g/mol. The van der Waals surface area contributed by atoms with Crippen molar-refractivity contribution in [2.45, 2.75) is 51.6 Å². The van der Waals surface area contributed by atoms with Gasteiger partial charge in [0.05, 0.1) is 19.3 Å². The zero-order valence-corrected chi connectivity index (χ0v) is 8.96. The van der Waals surface area contributed by atoms with E-state index in [0.717, 1.165) is 38.7 Å². The van der Waals surface area contributed by atoms with E-state index in [1.807, 2.05) is 0 Å². The molecule has 1 unspecified atom stereocenters. The molecule has 0 aromatic heterocycles. The van der Waals surface area contributed by atoms with E-state index in [4.69, 9.17) is 9.47 Å². The summed E-state index contributed by atoms with van der Waals surface area (Å²) in [4.78, 5) is 11.1. The molecule has 0 radical (unpaired) electrons. The maximum absolute atomic E-state index is 11.1. The Hall–Kier alpha value is -0.570. The van der Waals surface area contributed by atoms with E-state index in [9.17, 15) is 4.79 Å². The van der Waals surface area contributed by atoms with Crippen molar-refractivity contribution in [2.75, 3.05) is 13.2 Å². The van der Waals surface area contributed by atoms with Gasteiger partial charge in [0, 0.05) is 6.42 Å². The molecule has 1 atom stereocenters. The first-order valence-corrected chi connectivity index (χ1v) is 5.60. The first-order chi connectivity index (χ1) is 6.83. The molecule has 14 heavy (non-hydrogen) atoms. The molecule has 0 amide bonds. The Morgan fingerprint density at radius 3 is 2.86 bits per heavy atom. The minimum atomic E-state index is -0.0461. The predicted molar refractivity (Wildman–Crippen MR) is 54.1 cm³/mol. The van der Waals surface area contributed by atoms with Crippen LogP contribution in [0.5, 0.6) is 0 Å². The number of epoxide rings is 1. The minimum absolute atomic E-state index is 0.0461. The van der Waals surface area contributed by atoms with Gasteiger partial charge in [0.1, 0.15) is 0 Å². The molecule has 3 nitrogen and oxygen atoms in total. The lowest BCUT2D eigenvalue weighted by Crippen LogP contribution is -2.05. The largest absolute Gasteiger partial charge is 0.466 e. The summed E-state index contributed by atoms with van der Waals surface area (Å²) in [6, 6.07) is 0. The number of carbonyl (C=O) groups excluding carboxylic acids is 1. The maximum atomic E-state index is 11.1. The quantitative estimate of drug-likeness (QED) is 0.343. The Kier molecular flexibility index (Phi) is 5.60. The highest BCUT2D eigenvalue weighted by Crippen LogP contribution is 2.17. The van der Waals surface area contributed by atoms with Gasteiger partial charge < -0.3 is 9.47 Å². The molecule has 1 heterocycles. The number of hydrogen-bond donors (Lipinski definition) is 0. The van der Waals surface area contributed by atoms with Gasteiger partial charge in [-0.15, -0.1) is 0 Å². The normalized spacial score (nSPS) is 19.4. The smallest absolute Gasteiger partial charge is 0.305 e. The van der Waals surface area contributed by atoms with Crippen molar-refractivity contribution in [3.63, 3.8) is 0 Å². The number of ether oxygens (including phenoxy) is 2. The van der Waals surface area contributed by atoms with E-state index in [2.05, 4.69) is 6.92 Å². The molecule has 82 valence electrons. The van der Waals surface area contributed by atoms with Gasteiger partial charge in [-0.2, -0.15) is 0 Å². The van der Waals surface area contributed by atoms with E-state index in [0.29, 0.717) is 19.1 Å². The van der Waals surface area contributed by atoms with Crippen LogP contribution >= 0.6 is 0 Å². The number of unbranched alkanes of at least 4 members (excludes halogenated alkanes) is 2. The van der Waals surface area contributed by atoms with Crippen molar-refractivity contribution in [1.82, 2.24) is 0 Å². The van der Waals surface area contributed by atoms with Gasteiger partial charge >= 0.3 is 5.97 Å². The Morgan fingerprint density at radius 2 is 2.21 bits per heavy atom. The molecule has 1 rings (SSSR count). The Balaban J connectivity index is 1.81. The number of rotatable bonds is 8.